The molecule has 0 unspecified atom stereocenters. The lowest BCUT2D eigenvalue weighted by atomic mass is 9.86. The maximum atomic E-state index is 13.9. The van der Waals surface area contributed by atoms with E-state index in [1.807, 2.05) is 84.9 Å². The normalized spacial score (nSPS) is 12.3. The number of nitriles is 1. The van der Waals surface area contributed by atoms with Gasteiger partial charge in [0.15, 0.2) is 0 Å². The van der Waals surface area contributed by atoms with Crippen molar-refractivity contribution in [2.45, 2.75) is 41.0 Å². The van der Waals surface area contributed by atoms with Gasteiger partial charge in [-0.25, -0.2) is 4.98 Å². The summed E-state index contributed by atoms with van der Waals surface area (Å²) in [5.74, 6) is 0.0717. The van der Waals surface area contributed by atoms with Crippen LogP contribution in [0.2, 0.25) is 0 Å². The summed E-state index contributed by atoms with van der Waals surface area (Å²) in [6, 6.07) is 38.7. The summed E-state index contributed by atoms with van der Waals surface area (Å²) >= 11 is 2.99. The third-order valence-electron chi connectivity index (χ3n) is 7.24. The van der Waals surface area contributed by atoms with Gasteiger partial charge < -0.3 is 0 Å². The number of anilines is 2. The highest BCUT2D eigenvalue weighted by atomic mass is 32.2. The number of rotatable bonds is 5. The van der Waals surface area contributed by atoms with Crippen LogP contribution in [0, 0.1) is 11.3 Å². The third kappa shape index (κ3) is 5.46. The monoisotopic (exact) mass is 583 g/mol. The number of carbonyl (C=O) groups excluding carboxylic acids is 1. The first-order chi connectivity index (χ1) is 20.3. The second-order valence-corrected chi connectivity index (χ2v) is 13.1. The predicted molar refractivity (Wildman–Crippen MR) is 173 cm³/mol. The van der Waals surface area contributed by atoms with Crippen molar-refractivity contribution >= 4 is 40.8 Å². The van der Waals surface area contributed by atoms with Gasteiger partial charge in [0.05, 0.1) is 28.4 Å². The van der Waals surface area contributed by atoms with Gasteiger partial charge in [-0.2, -0.15) is 5.26 Å². The molecule has 0 spiro atoms. The van der Waals surface area contributed by atoms with Gasteiger partial charge in [0.25, 0.3) is 0 Å². The highest BCUT2D eigenvalue weighted by molar-refractivity contribution is 8.00. The first kappa shape index (κ1) is 27.8. The number of benzene rings is 4. The van der Waals surface area contributed by atoms with E-state index in [1.54, 1.807) is 16.7 Å². The third-order valence-corrected chi connectivity index (χ3v) is 9.33. The number of pyridine rings is 1. The Morgan fingerprint density at radius 3 is 2.02 bits per heavy atom. The van der Waals surface area contributed by atoms with E-state index in [1.165, 1.54) is 17.3 Å². The molecule has 0 saturated heterocycles. The molecule has 0 saturated carbocycles. The van der Waals surface area contributed by atoms with Crippen LogP contribution in [-0.4, -0.2) is 16.6 Å². The van der Waals surface area contributed by atoms with Crippen molar-refractivity contribution in [2.75, 3.05) is 10.7 Å². The number of hydrogen-bond donors (Lipinski definition) is 0. The van der Waals surface area contributed by atoms with Crippen molar-refractivity contribution in [1.29, 1.82) is 5.26 Å². The minimum Gasteiger partial charge on any atom is -0.278 e. The molecule has 1 amide bonds. The van der Waals surface area contributed by atoms with Gasteiger partial charge in [-0.15, -0.1) is 0 Å². The maximum absolute atomic E-state index is 13.9. The van der Waals surface area contributed by atoms with E-state index in [0.29, 0.717) is 10.6 Å². The predicted octanol–water partition coefficient (Wildman–Crippen LogP) is 9.51. The molecule has 6 rings (SSSR count). The van der Waals surface area contributed by atoms with E-state index >= 15 is 0 Å². The molecular weight excluding hydrogens is 555 g/mol. The van der Waals surface area contributed by atoms with Crippen LogP contribution in [0.4, 0.5) is 11.4 Å². The number of thioether (sulfide) groups is 1. The molecule has 5 aromatic rings. The Balaban J connectivity index is 1.39. The number of para-hydroxylation sites is 2. The molecule has 0 bridgehead atoms. The molecule has 1 aliphatic rings. The van der Waals surface area contributed by atoms with Crippen molar-refractivity contribution in [3.63, 3.8) is 0 Å². The molecular formula is C36H29N3OS2. The molecule has 4 nitrogen and oxygen atoms in total. The van der Waals surface area contributed by atoms with E-state index in [9.17, 15) is 10.1 Å². The van der Waals surface area contributed by atoms with Crippen molar-refractivity contribution in [1.82, 2.24) is 4.98 Å². The second kappa shape index (κ2) is 11.5. The lowest BCUT2D eigenvalue weighted by molar-refractivity contribution is -0.115. The van der Waals surface area contributed by atoms with Gasteiger partial charge in [-0.3, -0.25) is 9.69 Å². The van der Waals surface area contributed by atoms with Gasteiger partial charge in [-0.1, -0.05) is 123 Å². The number of fused-ring (bicyclic) bond motifs is 2. The van der Waals surface area contributed by atoms with Crippen molar-refractivity contribution in [2.24, 2.45) is 0 Å². The first-order valence-electron chi connectivity index (χ1n) is 13.8. The zero-order chi connectivity index (χ0) is 29.3. The average molecular weight is 584 g/mol. The van der Waals surface area contributed by atoms with Gasteiger partial charge >= 0.3 is 0 Å². The molecule has 0 fully saturated rings. The van der Waals surface area contributed by atoms with Crippen molar-refractivity contribution in [3.8, 4) is 28.5 Å². The van der Waals surface area contributed by atoms with Crippen LogP contribution in [0.15, 0.2) is 124 Å². The molecule has 4 aromatic carbocycles. The summed E-state index contributed by atoms with van der Waals surface area (Å²) in [5, 5.41) is 10.9. The average Bonchev–Trinajstić information content (AvgIpc) is 3.02. The maximum Gasteiger partial charge on any atom is 0.242 e. The minimum atomic E-state index is -0.0629. The number of carbonyl (C=O) groups is 1. The largest absolute Gasteiger partial charge is 0.278 e. The smallest absolute Gasteiger partial charge is 0.242 e. The number of nitrogens with zero attached hydrogens (tertiary/aromatic N) is 3. The lowest BCUT2D eigenvalue weighted by Crippen LogP contribution is -2.30. The zero-order valence-electron chi connectivity index (χ0n) is 23.7. The molecule has 0 N–H and O–H groups in total. The van der Waals surface area contributed by atoms with E-state index < -0.39 is 0 Å². The van der Waals surface area contributed by atoms with Gasteiger partial charge in [0, 0.05) is 20.9 Å². The Hall–Kier alpha value is -4.31. The molecule has 0 radical (unpaired) electrons. The quantitative estimate of drug-likeness (QED) is 0.193. The topological polar surface area (TPSA) is 57.0 Å². The molecule has 1 aromatic heterocycles. The first-order valence-corrected chi connectivity index (χ1v) is 15.6. The Morgan fingerprint density at radius 2 is 1.43 bits per heavy atom. The van der Waals surface area contributed by atoms with Crippen LogP contribution >= 0.6 is 23.5 Å². The van der Waals surface area contributed by atoms with E-state index in [4.69, 9.17) is 4.98 Å². The van der Waals surface area contributed by atoms with E-state index in [2.05, 4.69) is 51.1 Å². The fraction of sp³-hybridized carbons (Fsp3) is 0.139. The Morgan fingerprint density at radius 1 is 0.833 bits per heavy atom. The van der Waals surface area contributed by atoms with Crippen LogP contribution in [-0.2, 0) is 10.2 Å². The second-order valence-electron chi connectivity index (χ2n) is 11.1. The Labute approximate surface area is 255 Å². The molecule has 206 valence electrons. The highest BCUT2D eigenvalue weighted by Crippen LogP contribution is 2.48. The Kier molecular flexibility index (Phi) is 7.64. The molecule has 1 aliphatic heterocycles. The molecule has 0 aliphatic carbocycles. The van der Waals surface area contributed by atoms with E-state index in [-0.39, 0.29) is 17.1 Å². The summed E-state index contributed by atoms with van der Waals surface area (Å²) in [7, 11) is 0. The summed E-state index contributed by atoms with van der Waals surface area (Å²) in [5.41, 5.74) is 6.96. The summed E-state index contributed by atoms with van der Waals surface area (Å²) in [4.78, 5) is 22.7. The highest BCUT2D eigenvalue weighted by Gasteiger charge is 2.28. The van der Waals surface area contributed by atoms with Gasteiger partial charge in [0.2, 0.25) is 5.91 Å². The Bertz CT molecular complexity index is 1770. The van der Waals surface area contributed by atoms with Gasteiger partial charge in [0.1, 0.15) is 11.1 Å². The summed E-state index contributed by atoms with van der Waals surface area (Å²) in [6.45, 7) is 6.56. The number of aromatic nitrogens is 1. The van der Waals surface area contributed by atoms with Crippen LogP contribution in [0.1, 0.15) is 31.9 Å². The fourth-order valence-corrected chi connectivity index (χ4v) is 6.95. The van der Waals surface area contributed by atoms with Crippen molar-refractivity contribution < 1.29 is 4.79 Å². The molecule has 6 heteroatoms. The van der Waals surface area contributed by atoms with Crippen LogP contribution in [0.25, 0.3) is 22.4 Å². The standard InChI is InChI=1S/C36H29N3OS2/c1-36(2,3)26-19-17-24(18-20-26)27-21-29(25-11-5-4-6-12-25)38-35(28(27)22-37)41-23-34(40)39-30-13-7-9-15-32(30)42-33-16-10-8-14-31(33)39/h4-21H,23H2,1-3H3. The van der Waals surface area contributed by atoms with Crippen molar-refractivity contribution in [3.05, 3.63) is 120 Å². The van der Waals surface area contributed by atoms with Crippen LogP contribution < -0.4 is 4.90 Å². The number of hydrogen-bond acceptors (Lipinski definition) is 5. The van der Waals surface area contributed by atoms with E-state index in [0.717, 1.165) is 43.6 Å². The van der Waals surface area contributed by atoms with Crippen LogP contribution in [0.5, 0.6) is 0 Å². The van der Waals surface area contributed by atoms with Gasteiger partial charge in [-0.05, 0) is 46.9 Å². The molecule has 42 heavy (non-hydrogen) atoms. The molecule has 2 heterocycles. The summed E-state index contributed by atoms with van der Waals surface area (Å²) < 4.78 is 0. The fourth-order valence-electron chi connectivity index (χ4n) is 5.04. The molecule has 0 atom stereocenters. The van der Waals surface area contributed by atoms with Crippen LogP contribution in [0.3, 0.4) is 0 Å². The number of amides is 1. The lowest BCUT2D eigenvalue weighted by Gasteiger charge is -2.31. The minimum absolute atomic E-state index is 0.0234. The SMILES string of the molecule is CC(C)(C)c1ccc(-c2cc(-c3ccccc3)nc(SCC(=O)N3c4ccccc4Sc4ccccc43)c2C#N)cc1. The summed E-state index contributed by atoms with van der Waals surface area (Å²) in [6.07, 6.45) is 0. The zero-order valence-corrected chi connectivity index (χ0v) is 25.3.